The SMILES string of the molecule is CCCCOc1ccc(C(=O)NCCc2ccc(N(C)C)cc2)cc1. The Morgan fingerprint density at radius 2 is 1.72 bits per heavy atom. The van der Waals surface area contributed by atoms with E-state index in [0.29, 0.717) is 18.7 Å². The van der Waals surface area contributed by atoms with Crippen molar-refractivity contribution in [1.82, 2.24) is 5.32 Å². The Labute approximate surface area is 150 Å². The molecule has 1 amide bonds. The molecule has 0 radical (unpaired) electrons. The van der Waals surface area contributed by atoms with Gasteiger partial charge in [0.15, 0.2) is 0 Å². The second kappa shape index (κ2) is 9.72. The minimum absolute atomic E-state index is 0.0509. The molecule has 0 bridgehead atoms. The lowest BCUT2D eigenvalue weighted by Gasteiger charge is -2.12. The third-order valence-electron chi connectivity index (χ3n) is 4.04. The minimum atomic E-state index is -0.0509. The molecule has 0 saturated carbocycles. The summed E-state index contributed by atoms with van der Waals surface area (Å²) in [6.45, 7) is 3.47. The van der Waals surface area contributed by atoms with Gasteiger partial charge in [0.25, 0.3) is 5.91 Å². The summed E-state index contributed by atoms with van der Waals surface area (Å²) < 4.78 is 5.61. The molecule has 0 heterocycles. The molecule has 25 heavy (non-hydrogen) atoms. The number of hydrogen-bond donors (Lipinski definition) is 1. The average molecular weight is 340 g/mol. The van der Waals surface area contributed by atoms with Crippen LogP contribution in [0.2, 0.25) is 0 Å². The van der Waals surface area contributed by atoms with Crippen LogP contribution in [0.5, 0.6) is 5.75 Å². The largest absolute Gasteiger partial charge is 0.494 e. The van der Waals surface area contributed by atoms with Crippen molar-refractivity contribution in [3.8, 4) is 5.75 Å². The Bertz CT molecular complexity index is 649. The van der Waals surface area contributed by atoms with E-state index in [-0.39, 0.29) is 5.91 Å². The predicted octanol–water partition coefficient (Wildman–Crippen LogP) is 3.90. The maximum absolute atomic E-state index is 12.2. The Morgan fingerprint density at radius 3 is 2.32 bits per heavy atom. The minimum Gasteiger partial charge on any atom is -0.494 e. The smallest absolute Gasteiger partial charge is 0.251 e. The van der Waals surface area contributed by atoms with Crippen LogP contribution < -0.4 is 15.0 Å². The molecular weight excluding hydrogens is 312 g/mol. The molecule has 1 N–H and O–H groups in total. The van der Waals surface area contributed by atoms with E-state index in [1.165, 1.54) is 11.3 Å². The highest BCUT2D eigenvalue weighted by molar-refractivity contribution is 5.94. The van der Waals surface area contributed by atoms with Crippen LogP contribution >= 0.6 is 0 Å². The molecule has 4 nitrogen and oxygen atoms in total. The fourth-order valence-corrected chi connectivity index (χ4v) is 2.42. The summed E-state index contributed by atoms with van der Waals surface area (Å²) in [5.74, 6) is 0.760. The lowest BCUT2D eigenvalue weighted by atomic mass is 10.1. The first kappa shape index (κ1) is 18.8. The molecule has 0 aliphatic heterocycles. The molecule has 2 rings (SSSR count). The van der Waals surface area contributed by atoms with Gasteiger partial charge >= 0.3 is 0 Å². The molecule has 0 saturated heterocycles. The summed E-state index contributed by atoms with van der Waals surface area (Å²) in [7, 11) is 4.05. The molecule has 2 aromatic carbocycles. The summed E-state index contributed by atoms with van der Waals surface area (Å²) in [5.41, 5.74) is 3.05. The highest BCUT2D eigenvalue weighted by Gasteiger charge is 2.05. The first-order valence-corrected chi connectivity index (χ1v) is 8.87. The maximum Gasteiger partial charge on any atom is 0.251 e. The van der Waals surface area contributed by atoms with E-state index in [2.05, 4.69) is 41.4 Å². The fraction of sp³-hybridized carbons (Fsp3) is 0.381. The van der Waals surface area contributed by atoms with Gasteiger partial charge in [-0.15, -0.1) is 0 Å². The van der Waals surface area contributed by atoms with Crippen LogP contribution in [0.3, 0.4) is 0 Å². The van der Waals surface area contributed by atoms with Crippen LogP contribution in [0.25, 0.3) is 0 Å². The van der Waals surface area contributed by atoms with Crippen LogP contribution in [0, 0.1) is 0 Å². The quantitative estimate of drug-likeness (QED) is 0.704. The number of anilines is 1. The normalized spacial score (nSPS) is 10.4. The molecule has 0 fully saturated rings. The number of ether oxygens (including phenoxy) is 1. The summed E-state index contributed by atoms with van der Waals surface area (Å²) in [4.78, 5) is 14.3. The number of nitrogens with one attached hydrogen (secondary N) is 1. The van der Waals surface area contributed by atoms with Crippen molar-refractivity contribution in [2.45, 2.75) is 26.2 Å². The van der Waals surface area contributed by atoms with Gasteiger partial charge in [0.1, 0.15) is 5.75 Å². The van der Waals surface area contributed by atoms with Crippen LogP contribution in [0.4, 0.5) is 5.69 Å². The van der Waals surface area contributed by atoms with Crippen molar-refractivity contribution in [3.05, 3.63) is 59.7 Å². The van der Waals surface area contributed by atoms with Gasteiger partial charge in [0.2, 0.25) is 0 Å². The summed E-state index contributed by atoms with van der Waals surface area (Å²) in [6, 6.07) is 15.7. The maximum atomic E-state index is 12.2. The molecule has 0 atom stereocenters. The van der Waals surface area contributed by atoms with Gasteiger partial charge in [-0.2, -0.15) is 0 Å². The van der Waals surface area contributed by atoms with E-state index in [0.717, 1.165) is 25.0 Å². The molecule has 2 aromatic rings. The summed E-state index contributed by atoms with van der Waals surface area (Å²) >= 11 is 0. The molecular formula is C21H28N2O2. The Balaban J connectivity index is 1.77. The monoisotopic (exact) mass is 340 g/mol. The van der Waals surface area contributed by atoms with E-state index in [1.807, 2.05) is 38.4 Å². The molecule has 4 heteroatoms. The predicted molar refractivity (Wildman–Crippen MR) is 104 cm³/mol. The van der Waals surface area contributed by atoms with Crippen molar-refractivity contribution in [3.63, 3.8) is 0 Å². The summed E-state index contributed by atoms with van der Waals surface area (Å²) in [5, 5.41) is 2.97. The van der Waals surface area contributed by atoms with Crippen LogP contribution in [0.15, 0.2) is 48.5 Å². The zero-order valence-electron chi connectivity index (χ0n) is 15.4. The second-order valence-electron chi connectivity index (χ2n) is 6.29. The van der Waals surface area contributed by atoms with E-state index in [1.54, 1.807) is 0 Å². The number of unbranched alkanes of at least 4 members (excludes halogenated alkanes) is 1. The molecule has 0 unspecified atom stereocenters. The number of carbonyl (C=O) groups excluding carboxylic acids is 1. The van der Waals surface area contributed by atoms with Crippen molar-refractivity contribution in [2.75, 3.05) is 32.1 Å². The number of benzene rings is 2. The van der Waals surface area contributed by atoms with Crippen molar-refractivity contribution in [2.24, 2.45) is 0 Å². The highest BCUT2D eigenvalue weighted by Crippen LogP contribution is 2.14. The molecule has 0 aliphatic carbocycles. The third kappa shape index (κ3) is 6.14. The Morgan fingerprint density at radius 1 is 1.04 bits per heavy atom. The lowest BCUT2D eigenvalue weighted by Crippen LogP contribution is -2.25. The Hall–Kier alpha value is -2.49. The first-order valence-electron chi connectivity index (χ1n) is 8.87. The van der Waals surface area contributed by atoms with Gasteiger partial charge < -0.3 is 15.0 Å². The van der Waals surface area contributed by atoms with Gasteiger partial charge in [0, 0.05) is 31.9 Å². The van der Waals surface area contributed by atoms with Gasteiger partial charge in [-0.1, -0.05) is 25.5 Å². The van der Waals surface area contributed by atoms with Crippen LogP contribution in [0.1, 0.15) is 35.7 Å². The van der Waals surface area contributed by atoms with Gasteiger partial charge in [-0.05, 0) is 54.8 Å². The lowest BCUT2D eigenvalue weighted by molar-refractivity contribution is 0.0954. The van der Waals surface area contributed by atoms with Crippen LogP contribution in [-0.4, -0.2) is 33.2 Å². The number of carbonyl (C=O) groups is 1. The molecule has 0 aliphatic rings. The fourth-order valence-electron chi connectivity index (χ4n) is 2.42. The van der Waals surface area contributed by atoms with Crippen LogP contribution in [-0.2, 0) is 6.42 Å². The number of amides is 1. The highest BCUT2D eigenvalue weighted by atomic mass is 16.5. The van der Waals surface area contributed by atoms with E-state index < -0.39 is 0 Å². The van der Waals surface area contributed by atoms with Crippen molar-refractivity contribution in [1.29, 1.82) is 0 Å². The first-order chi connectivity index (χ1) is 12.1. The van der Waals surface area contributed by atoms with Gasteiger partial charge in [-0.25, -0.2) is 0 Å². The number of nitrogens with zero attached hydrogens (tertiary/aromatic N) is 1. The number of hydrogen-bond acceptors (Lipinski definition) is 3. The second-order valence-corrected chi connectivity index (χ2v) is 6.29. The van der Waals surface area contributed by atoms with E-state index in [9.17, 15) is 4.79 Å². The molecule has 134 valence electrons. The average Bonchev–Trinajstić information content (AvgIpc) is 2.63. The van der Waals surface area contributed by atoms with E-state index >= 15 is 0 Å². The van der Waals surface area contributed by atoms with Crippen molar-refractivity contribution >= 4 is 11.6 Å². The molecule has 0 aromatic heterocycles. The standard InChI is InChI=1S/C21H28N2O2/c1-4-5-16-25-20-12-8-18(9-13-20)21(24)22-15-14-17-6-10-19(11-7-17)23(2)3/h6-13H,4-5,14-16H2,1-3H3,(H,22,24). The number of rotatable bonds is 9. The zero-order valence-corrected chi connectivity index (χ0v) is 15.4. The van der Waals surface area contributed by atoms with Gasteiger partial charge in [-0.3, -0.25) is 4.79 Å². The molecule has 0 spiro atoms. The third-order valence-corrected chi connectivity index (χ3v) is 4.04. The zero-order chi connectivity index (χ0) is 18.1. The van der Waals surface area contributed by atoms with E-state index in [4.69, 9.17) is 4.74 Å². The topological polar surface area (TPSA) is 41.6 Å². The van der Waals surface area contributed by atoms with Crippen molar-refractivity contribution < 1.29 is 9.53 Å². The van der Waals surface area contributed by atoms with Gasteiger partial charge in [0.05, 0.1) is 6.61 Å². The summed E-state index contributed by atoms with van der Waals surface area (Å²) in [6.07, 6.45) is 2.97. The Kier molecular flexibility index (Phi) is 7.33.